The summed E-state index contributed by atoms with van der Waals surface area (Å²) in [6.07, 6.45) is 6.24. The lowest BCUT2D eigenvalue weighted by molar-refractivity contribution is -0.315. The van der Waals surface area contributed by atoms with Crippen molar-refractivity contribution in [3.8, 4) is 0 Å². The van der Waals surface area contributed by atoms with Gasteiger partial charge in [0.05, 0.1) is 12.7 Å². The molecule has 4 N–H and O–H groups in total. The lowest BCUT2D eigenvalue weighted by Crippen LogP contribution is -2.67. The van der Waals surface area contributed by atoms with Gasteiger partial charge in [0.15, 0.2) is 6.29 Å². The molecule has 240 valence electrons. The van der Waals surface area contributed by atoms with Crippen molar-refractivity contribution in [1.29, 1.82) is 0 Å². The number of fused-ring (bicyclic) bond motifs is 7. The quantitative estimate of drug-likeness (QED) is 0.308. The summed E-state index contributed by atoms with van der Waals surface area (Å²) in [5, 5.41) is 41.6. The van der Waals surface area contributed by atoms with Crippen LogP contribution in [0.5, 0.6) is 0 Å². The fourth-order valence-corrected chi connectivity index (χ4v) is 13.1. The van der Waals surface area contributed by atoms with E-state index in [4.69, 9.17) is 9.47 Å². The minimum Gasteiger partial charge on any atom is -0.394 e. The molecule has 5 saturated carbocycles. The standard InChI is InChI=1S/C36H60O6/c1-20(2)21-11-14-33(5)17-18-35(7)22(27(21)33)9-10-25-34(6)15-13-26(32(3,4)24(34)12-16-36(25,35)8)42-30-28(38)23(19-37)41-31(40)29(30)39/h21-31,37-40H,1,9-19H2,2-8H3/t21-,22+,23+,24-,25+,26?,27+,28+,29+,30-,31+,33+,34-,35+,36+/m0/s1. The first-order chi connectivity index (χ1) is 19.5. The van der Waals surface area contributed by atoms with Crippen molar-refractivity contribution in [3.63, 3.8) is 0 Å². The fraction of sp³-hybridized carbons (Fsp3) is 0.944. The highest BCUT2D eigenvalue weighted by Gasteiger charge is 2.70. The number of rotatable bonds is 4. The highest BCUT2D eigenvalue weighted by Crippen LogP contribution is 2.77. The molecule has 6 heteroatoms. The van der Waals surface area contributed by atoms with Gasteiger partial charge in [-0.05, 0) is 128 Å². The number of hydrogen-bond acceptors (Lipinski definition) is 6. The summed E-state index contributed by atoms with van der Waals surface area (Å²) < 4.78 is 11.8. The summed E-state index contributed by atoms with van der Waals surface area (Å²) in [6, 6.07) is 0. The third kappa shape index (κ3) is 4.17. The van der Waals surface area contributed by atoms with E-state index >= 15 is 0 Å². The third-order valence-electron chi connectivity index (χ3n) is 15.6. The molecule has 0 amide bonds. The fourth-order valence-electron chi connectivity index (χ4n) is 13.1. The molecule has 0 radical (unpaired) electrons. The van der Waals surface area contributed by atoms with Crippen LogP contribution in [0.1, 0.15) is 113 Å². The van der Waals surface area contributed by atoms with Crippen molar-refractivity contribution in [3.05, 3.63) is 12.2 Å². The second kappa shape index (κ2) is 10.3. The average molecular weight is 589 g/mol. The van der Waals surface area contributed by atoms with Crippen molar-refractivity contribution < 1.29 is 29.9 Å². The maximum atomic E-state index is 10.9. The molecule has 0 aromatic carbocycles. The molecule has 6 rings (SSSR count). The predicted octanol–water partition coefficient (Wildman–Crippen LogP) is 5.85. The Morgan fingerprint density at radius 1 is 0.810 bits per heavy atom. The Kier molecular flexibility index (Phi) is 7.69. The molecule has 42 heavy (non-hydrogen) atoms. The Morgan fingerprint density at radius 3 is 2.19 bits per heavy atom. The Labute approximate surface area is 254 Å². The van der Waals surface area contributed by atoms with Gasteiger partial charge in [-0.25, -0.2) is 0 Å². The van der Waals surface area contributed by atoms with Crippen LogP contribution in [0.4, 0.5) is 0 Å². The van der Waals surface area contributed by atoms with Gasteiger partial charge in [-0.2, -0.15) is 0 Å². The number of aliphatic hydroxyl groups excluding tert-OH is 4. The molecule has 15 atom stereocenters. The van der Waals surface area contributed by atoms with E-state index in [1.165, 1.54) is 56.9 Å². The zero-order chi connectivity index (χ0) is 30.6. The first-order valence-corrected chi connectivity index (χ1v) is 17.2. The molecule has 1 heterocycles. The van der Waals surface area contributed by atoms with Crippen LogP contribution >= 0.6 is 0 Å². The molecule has 6 aliphatic rings. The number of hydrogen-bond donors (Lipinski definition) is 4. The molecule has 1 saturated heterocycles. The van der Waals surface area contributed by atoms with Crippen molar-refractivity contribution in [2.75, 3.05) is 6.61 Å². The van der Waals surface area contributed by atoms with E-state index in [1.54, 1.807) is 0 Å². The molecule has 0 aromatic rings. The van der Waals surface area contributed by atoms with Gasteiger partial charge in [-0.3, -0.25) is 0 Å². The Bertz CT molecular complexity index is 1060. The molecule has 1 aliphatic heterocycles. The normalized spacial score (nSPS) is 57.0. The Balaban J connectivity index is 1.27. The van der Waals surface area contributed by atoms with Crippen molar-refractivity contribution in [1.82, 2.24) is 0 Å². The molecule has 0 spiro atoms. The van der Waals surface area contributed by atoms with Crippen molar-refractivity contribution in [2.24, 2.45) is 56.7 Å². The molecular formula is C36H60O6. The number of ether oxygens (including phenoxy) is 2. The van der Waals surface area contributed by atoms with E-state index in [1.807, 2.05) is 0 Å². The Morgan fingerprint density at radius 2 is 1.52 bits per heavy atom. The van der Waals surface area contributed by atoms with Crippen LogP contribution in [0, 0.1) is 56.7 Å². The lowest BCUT2D eigenvalue weighted by atomic mass is 9.32. The van der Waals surface area contributed by atoms with E-state index < -0.39 is 37.3 Å². The smallest absolute Gasteiger partial charge is 0.184 e. The molecule has 0 aromatic heterocycles. The van der Waals surface area contributed by atoms with Crippen LogP contribution in [0.3, 0.4) is 0 Å². The van der Waals surface area contributed by atoms with Crippen LogP contribution < -0.4 is 0 Å². The molecular weight excluding hydrogens is 528 g/mol. The summed E-state index contributed by atoms with van der Waals surface area (Å²) in [6.45, 7) is 21.6. The van der Waals surface area contributed by atoms with E-state index in [9.17, 15) is 20.4 Å². The minimum absolute atomic E-state index is 0.156. The van der Waals surface area contributed by atoms with Gasteiger partial charge < -0.3 is 29.9 Å². The second-order valence-corrected chi connectivity index (χ2v) is 17.5. The van der Waals surface area contributed by atoms with Gasteiger partial charge in [-0.15, -0.1) is 0 Å². The largest absolute Gasteiger partial charge is 0.394 e. The zero-order valence-corrected chi connectivity index (χ0v) is 27.4. The van der Waals surface area contributed by atoms with Gasteiger partial charge in [-0.1, -0.05) is 53.7 Å². The highest BCUT2D eigenvalue weighted by atomic mass is 16.6. The van der Waals surface area contributed by atoms with Gasteiger partial charge in [0.1, 0.15) is 24.4 Å². The van der Waals surface area contributed by atoms with E-state index in [0.717, 1.165) is 24.7 Å². The number of aliphatic hydroxyl groups is 4. The predicted molar refractivity (Wildman–Crippen MR) is 163 cm³/mol. The second-order valence-electron chi connectivity index (χ2n) is 17.5. The Hall–Kier alpha value is -0.500. The third-order valence-corrected chi connectivity index (χ3v) is 15.6. The minimum atomic E-state index is -1.49. The molecule has 0 bridgehead atoms. The number of allylic oxidation sites excluding steroid dienone is 1. The topological polar surface area (TPSA) is 99.4 Å². The summed E-state index contributed by atoms with van der Waals surface area (Å²) in [4.78, 5) is 0. The van der Waals surface area contributed by atoms with Gasteiger partial charge in [0.2, 0.25) is 0 Å². The first kappa shape index (κ1) is 31.5. The van der Waals surface area contributed by atoms with E-state index in [2.05, 4.69) is 55.0 Å². The summed E-state index contributed by atoms with van der Waals surface area (Å²) in [5.41, 5.74) is 2.57. The van der Waals surface area contributed by atoms with Crippen LogP contribution in [-0.2, 0) is 9.47 Å². The lowest BCUT2D eigenvalue weighted by Gasteiger charge is -2.73. The molecule has 5 aliphatic carbocycles. The van der Waals surface area contributed by atoms with Crippen LogP contribution in [0.25, 0.3) is 0 Å². The zero-order valence-electron chi connectivity index (χ0n) is 27.4. The van der Waals surface area contributed by atoms with Gasteiger partial charge in [0.25, 0.3) is 0 Å². The van der Waals surface area contributed by atoms with Crippen molar-refractivity contribution >= 4 is 0 Å². The maximum Gasteiger partial charge on any atom is 0.184 e. The maximum absolute atomic E-state index is 10.9. The summed E-state index contributed by atoms with van der Waals surface area (Å²) in [5.74, 6) is 3.36. The molecule has 1 unspecified atom stereocenters. The van der Waals surface area contributed by atoms with Crippen LogP contribution in [0.15, 0.2) is 12.2 Å². The molecule has 6 nitrogen and oxygen atoms in total. The van der Waals surface area contributed by atoms with Gasteiger partial charge in [0, 0.05) is 0 Å². The SMILES string of the molecule is C=C(C)[C@@H]1CC[C@]2(C)CC[C@]3(C)[C@H](CC[C@@H]4[C@@]5(C)CCC(O[C@@H]6[C@@H](O)[C@H](O)O[C@H](CO)[C@H]6O)C(C)(C)[C@@H]5CC[C@]43C)[C@@H]12. The molecule has 6 fully saturated rings. The highest BCUT2D eigenvalue weighted by molar-refractivity contribution is 5.21. The van der Waals surface area contributed by atoms with Crippen LogP contribution in [0.2, 0.25) is 0 Å². The van der Waals surface area contributed by atoms with Gasteiger partial charge >= 0.3 is 0 Å². The van der Waals surface area contributed by atoms with E-state index in [-0.39, 0.29) is 16.9 Å². The first-order valence-electron chi connectivity index (χ1n) is 17.2. The monoisotopic (exact) mass is 588 g/mol. The summed E-state index contributed by atoms with van der Waals surface area (Å²) >= 11 is 0. The van der Waals surface area contributed by atoms with E-state index in [0.29, 0.717) is 34.0 Å². The summed E-state index contributed by atoms with van der Waals surface area (Å²) in [7, 11) is 0. The van der Waals surface area contributed by atoms with Crippen molar-refractivity contribution in [2.45, 2.75) is 149 Å². The average Bonchev–Trinajstić information content (AvgIpc) is 3.28. The van der Waals surface area contributed by atoms with Crippen LogP contribution in [-0.4, -0.2) is 63.8 Å².